The third kappa shape index (κ3) is 4.18. The van der Waals surface area contributed by atoms with E-state index in [2.05, 4.69) is 5.32 Å². The van der Waals surface area contributed by atoms with Crippen molar-refractivity contribution < 1.29 is 23.9 Å². The Morgan fingerprint density at radius 2 is 1.67 bits per heavy atom. The van der Waals surface area contributed by atoms with Crippen molar-refractivity contribution in [1.82, 2.24) is 4.90 Å². The van der Waals surface area contributed by atoms with Gasteiger partial charge in [0, 0.05) is 5.69 Å². The summed E-state index contributed by atoms with van der Waals surface area (Å²) in [6.45, 7) is 2.95. The normalized spacial score (nSPS) is 23.0. The third-order valence-electron chi connectivity index (χ3n) is 5.22. The number of carbonyl (C=O) groups is 4. The molecule has 2 fully saturated rings. The van der Waals surface area contributed by atoms with Crippen LogP contribution < -0.4 is 5.32 Å². The first kappa shape index (κ1) is 19.1. The molecule has 7 nitrogen and oxygen atoms in total. The molecule has 0 unspecified atom stereocenters. The number of amides is 3. The number of anilines is 1. The average Bonchev–Trinajstić information content (AvgIpc) is 2.89. The van der Waals surface area contributed by atoms with Crippen molar-refractivity contribution in [1.29, 1.82) is 0 Å². The maximum atomic E-state index is 12.4. The number of nitrogens with one attached hydrogen (secondary N) is 1. The van der Waals surface area contributed by atoms with Crippen LogP contribution in [0.4, 0.5) is 5.69 Å². The second kappa shape index (κ2) is 7.90. The minimum absolute atomic E-state index is 0.293. The summed E-state index contributed by atoms with van der Waals surface area (Å²) in [4.78, 5) is 50.1. The number of fused-ring (bicyclic) bond motifs is 1. The monoisotopic (exact) mass is 372 g/mol. The van der Waals surface area contributed by atoms with Crippen LogP contribution in [0.25, 0.3) is 0 Å². The van der Waals surface area contributed by atoms with Crippen molar-refractivity contribution >= 4 is 29.4 Å². The number of likely N-dealkylation sites (tertiary alicyclic amines) is 1. The van der Waals surface area contributed by atoms with Crippen molar-refractivity contribution in [2.45, 2.75) is 45.6 Å². The molecule has 0 bridgehead atoms. The first-order valence-electron chi connectivity index (χ1n) is 9.29. The average molecular weight is 372 g/mol. The predicted molar refractivity (Wildman–Crippen MR) is 97.5 cm³/mol. The Bertz CT molecular complexity index is 734. The van der Waals surface area contributed by atoms with Crippen LogP contribution in [0, 0.1) is 18.8 Å². The smallest absolute Gasteiger partial charge is 0.326 e. The first-order chi connectivity index (χ1) is 12.9. The molecule has 144 valence electrons. The van der Waals surface area contributed by atoms with Crippen LogP contribution in [-0.4, -0.2) is 41.2 Å². The fourth-order valence-electron chi connectivity index (χ4n) is 3.68. The minimum atomic E-state index is -1.03. The highest BCUT2D eigenvalue weighted by Gasteiger charge is 2.48. The lowest BCUT2D eigenvalue weighted by Gasteiger charge is -2.19. The van der Waals surface area contributed by atoms with Crippen LogP contribution in [0.1, 0.15) is 38.2 Å². The van der Waals surface area contributed by atoms with Gasteiger partial charge in [-0.2, -0.15) is 0 Å². The molecule has 1 saturated heterocycles. The van der Waals surface area contributed by atoms with Crippen molar-refractivity contribution in [3.63, 3.8) is 0 Å². The first-order valence-corrected chi connectivity index (χ1v) is 9.29. The van der Waals surface area contributed by atoms with E-state index in [-0.39, 0.29) is 23.7 Å². The summed E-state index contributed by atoms with van der Waals surface area (Å²) < 4.78 is 5.12. The Morgan fingerprint density at radius 3 is 2.22 bits per heavy atom. The van der Waals surface area contributed by atoms with Gasteiger partial charge in [0.15, 0.2) is 6.10 Å². The van der Waals surface area contributed by atoms with E-state index in [1.54, 1.807) is 12.1 Å². The Hall–Kier alpha value is -2.70. The zero-order valence-electron chi connectivity index (χ0n) is 15.6. The zero-order valence-corrected chi connectivity index (χ0v) is 15.6. The molecule has 1 heterocycles. The molecular weight excluding hydrogens is 348 g/mol. The van der Waals surface area contributed by atoms with Gasteiger partial charge in [0.1, 0.15) is 6.54 Å². The Balaban J connectivity index is 1.53. The largest absolute Gasteiger partial charge is 0.451 e. The topological polar surface area (TPSA) is 92.8 Å². The molecule has 1 aliphatic heterocycles. The highest BCUT2D eigenvalue weighted by molar-refractivity contribution is 6.07. The molecule has 0 spiro atoms. The van der Waals surface area contributed by atoms with Gasteiger partial charge >= 0.3 is 5.97 Å². The minimum Gasteiger partial charge on any atom is -0.451 e. The summed E-state index contributed by atoms with van der Waals surface area (Å²) >= 11 is 0. The second-order valence-corrected chi connectivity index (χ2v) is 7.25. The molecule has 0 aromatic heterocycles. The quantitative estimate of drug-likeness (QED) is 0.631. The lowest BCUT2D eigenvalue weighted by Crippen LogP contribution is -2.39. The molecule has 1 saturated carbocycles. The lowest BCUT2D eigenvalue weighted by molar-refractivity contribution is -0.158. The molecule has 1 aromatic carbocycles. The Labute approximate surface area is 158 Å². The van der Waals surface area contributed by atoms with Crippen LogP contribution in [0.3, 0.4) is 0 Å². The summed E-state index contributed by atoms with van der Waals surface area (Å²) in [5.74, 6) is -2.43. The molecule has 1 N–H and O–H groups in total. The third-order valence-corrected chi connectivity index (χ3v) is 5.22. The summed E-state index contributed by atoms with van der Waals surface area (Å²) in [6, 6.07) is 7.23. The molecule has 27 heavy (non-hydrogen) atoms. The molecule has 7 heteroatoms. The SMILES string of the molecule is Cc1ccc(NC(=O)[C@@H](C)OC(=O)CN2C(=O)[C@H]3CCCC[C@H]3C2=O)cc1. The molecule has 1 aliphatic carbocycles. The van der Waals surface area contributed by atoms with Crippen LogP contribution in [-0.2, 0) is 23.9 Å². The van der Waals surface area contributed by atoms with E-state index >= 15 is 0 Å². The number of hydrogen-bond acceptors (Lipinski definition) is 5. The van der Waals surface area contributed by atoms with Crippen molar-refractivity contribution in [2.24, 2.45) is 11.8 Å². The van der Waals surface area contributed by atoms with Crippen LogP contribution in [0.15, 0.2) is 24.3 Å². The van der Waals surface area contributed by atoms with Crippen molar-refractivity contribution in [3.05, 3.63) is 29.8 Å². The van der Waals surface area contributed by atoms with E-state index in [0.29, 0.717) is 18.5 Å². The van der Waals surface area contributed by atoms with E-state index in [1.807, 2.05) is 19.1 Å². The standard InChI is InChI=1S/C20H24N2O5/c1-12-7-9-14(10-8-12)21-18(24)13(2)27-17(23)11-22-19(25)15-5-3-4-6-16(15)20(22)26/h7-10,13,15-16H,3-6,11H2,1-2H3,(H,21,24)/t13-,15-,16+/m1/s1. The number of nitrogens with zero attached hydrogens (tertiary/aromatic N) is 1. The second-order valence-electron chi connectivity index (χ2n) is 7.25. The van der Waals surface area contributed by atoms with Crippen LogP contribution >= 0.6 is 0 Å². The van der Waals surface area contributed by atoms with Crippen molar-refractivity contribution in [3.8, 4) is 0 Å². The number of hydrogen-bond donors (Lipinski definition) is 1. The van der Waals surface area contributed by atoms with E-state index in [1.165, 1.54) is 6.92 Å². The number of benzene rings is 1. The molecule has 3 amide bonds. The van der Waals surface area contributed by atoms with Gasteiger partial charge in [0.2, 0.25) is 11.8 Å². The van der Waals surface area contributed by atoms with Gasteiger partial charge in [-0.15, -0.1) is 0 Å². The fraction of sp³-hybridized carbons (Fsp3) is 0.500. The predicted octanol–water partition coefficient (Wildman–Crippen LogP) is 2.04. The van der Waals surface area contributed by atoms with Crippen molar-refractivity contribution in [2.75, 3.05) is 11.9 Å². The number of rotatable bonds is 5. The number of imide groups is 1. The van der Waals surface area contributed by atoms with E-state index in [9.17, 15) is 19.2 Å². The number of carbonyl (C=O) groups excluding carboxylic acids is 4. The van der Waals surface area contributed by atoms with Gasteiger partial charge < -0.3 is 10.1 Å². The maximum absolute atomic E-state index is 12.4. The van der Waals surface area contributed by atoms with Gasteiger partial charge in [0.25, 0.3) is 5.91 Å². The fourth-order valence-corrected chi connectivity index (χ4v) is 3.68. The van der Waals surface area contributed by atoms with Gasteiger partial charge in [-0.1, -0.05) is 30.5 Å². The number of esters is 1. The summed E-state index contributed by atoms with van der Waals surface area (Å²) in [5.41, 5.74) is 1.66. The summed E-state index contributed by atoms with van der Waals surface area (Å²) in [6.07, 6.45) is 2.20. The summed E-state index contributed by atoms with van der Waals surface area (Å²) in [5, 5.41) is 2.66. The van der Waals surface area contributed by atoms with Gasteiger partial charge in [0.05, 0.1) is 11.8 Å². The summed E-state index contributed by atoms with van der Waals surface area (Å²) in [7, 11) is 0. The lowest BCUT2D eigenvalue weighted by atomic mass is 9.81. The molecular formula is C20H24N2O5. The number of ether oxygens (including phenoxy) is 1. The zero-order chi connectivity index (χ0) is 19.6. The van der Waals surface area contributed by atoms with E-state index in [0.717, 1.165) is 23.3 Å². The van der Waals surface area contributed by atoms with Gasteiger partial charge in [-0.25, -0.2) is 0 Å². The van der Waals surface area contributed by atoms with E-state index < -0.39 is 24.5 Å². The molecule has 1 aromatic rings. The van der Waals surface area contributed by atoms with E-state index in [4.69, 9.17) is 4.74 Å². The molecule has 3 rings (SSSR count). The highest BCUT2D eigenvalue weighted by atomic mass is 16.5. The van der Waals surface area contributed by atoms with Crippen LogP contribution in [0.2, 0.25) is 0 Å². The number of aryl methyl sites for hydroxylation is 1. The molecule has 0 radical (unpaired) electrons. The molecule has 2 aliphatic rings. The van der Waals surface area contributed by atoms with Gasteiger partial charge in [-0.05, 0) is 38.8 Å². The maximum Gasteiger partial charge on any atom is 0.326 e. The highest BCUT2D eigenvalue weighted by Crippen LogP contribution is 2.37. The Kier molecular flexibility index (Phi) is 5.58. The van der Waals surface area contributed by atoms with Gasteiger partial charge in [-0.3, -0.25) is 24.1 Å². The Morgan fingerprint density at radius 1 is 1.11 bits per heavy atom. The van der Waals surface area contributed by atoms with Crippen LogP contribution in [0.5, 0.6) is 0 Å². The molecule has 3 atom stereocenters.